The van der Waals surface area contributed by atoms with Crippen LogP contribution in [0.5, 0.6) is 0 Å². The van der Waals surface area contributed by atoms with Crippen LogP contribution in [0.4, 0.5) is 5.69 Å². The molecule has 0 atom stereocenters. The first-order valence-electron chi connectivity index (χ1n) is 4.72. The van der Waals surface area contributed by atoms with Gasteiger partial charge >= 0.3 is 18.9 Å². The molecule has 3 heteroatoms. The van der Waals surface area contributed by atoms with Gasteiger partial charge in [0.1, 0.15) is 0 Å². The average molecular weight is 203 g/mol. The second-order valence-electron chi connectivity index (χ2n) is 3.12. The Morgan fingerprint density at radius 3 is 1.88 bits per heavy atom. The van der Waals surface area contributed by atoms with Gasteiger partial charge in [-0.1, -0.05) is 48.5 Å². The molecule has 2 rings (SSSR count). The number of benzene rings is 2. The molecule has 0 aliphatic heterocycles. The Balaban J connectivity index is 0.00000128. The van der Waals surface area contributed by atoms with Gasteiger partial charge in [0.25, 0.3) is 0 Å². The van der Waals surface area contributed by atoms with E-state index in [-0.39, 0.29) is 24.8 Å². The zero-order valence-electron chi connectivity index (χ0n) is 9.13. The van der Waals surface area contributed by atoms with Crippen molar-refractivity contribution in [3.05, 3.63) is 66.2 Å². The summed E-state index contributed by atoms with van der Waals surface area (Å²) in [5.41, 5.74) is 1.30. The molecule has 0 unspecified atom stereocenters. The van der Waals surface area contributed by atoms with E-state index in [1.807, 2.05) is 36.4 Å². The number of hydrogen-bond donors (Lipinski definition) is 0. The van der Waals surface area contributed by atoms with Crippen molar-refractivity contribution in [1.82, 2.24) is 0 Å². The van der Waals surface area contributed by atoms with Crippen LogP contribution in [0.2, 0.25) is 0 Å². The van der Waals surface area contributed by atoms with Gasteiger partial charge in [-0.2, -0.15) is 0 Å². The van der Waals surface area contributed by atoms with E-state index in [0.29, 0.717) is 11.3 Å². The first-order chi connectivity index (χ1) is 7.36. The predicted octanol–water partition coefficient (Wildman–Crippen LogP) is -0.871. The van der Waals surface area contributed by atoms with Crippen LogP contribution in [0.1, 0.15) is 5.56 Å². The van der Waals surface area contributed by atoms with Crippen LogP contribution in [0, 0.1) is 0 Å². The van der Waals surface area contributed by atoms with Gasteiger partial charge in [-0.3, -0.25) is 4.99 Å². The Morgan fingerprint density at radius 1 is 0.812 bits per heavy atom. The molecule has 0 spiro atoms. The molecule has 16 heavy (non-hydrogen) atoms. The molecule has 0 N–H and O–H groups in total. The second kappa shape index (κ2) is 6.17. The zero-order chi connectivity index (χ0) is 10.5. The van der Waals surface area contributed by atoms with E-state index < -0.39 is 0 Å². The minimum atomic E-state index is -0.207. The normalized spacial score (nSPS) is 10.6. The molecule has 0 radical (unpaired) electrons. The van der Waals surface area contributed by atoms with Crippen LogP contribution in [-0.4, -0.2) is 5.90 Å². The number of aliphatic imine (C=N–C) groups is 1. The third-order valence-corrected chi connectivity index (χ3v) is 2.01. The maximum absolute atomic E-state index is 11.6. The van der Waals surface area contributed by atoms with Crippen molar-refractivity contribution < 1.29 is 24.0 Å². The minimum absolute atomic E-state index is 0. The van der Waals surface area contributed by atoms with Gasteiger partial charge < -0.3 is 5.11 Å². The van der Waals surface area contributed by atoms with E-state index >= 15 is 0 Å². The fraction of sp³-hybridized carbons (Fsp3) is 0. The number of para-hydroxylation sites is 1. The van der Waals surface area contributed by atoms with Crippen molar-refractivity contribution in [3.8, 4) is 0 Å². The largest absolute Gasteiger partial charge is 1.00 e. The standard InChI is InChI=1S/C13H11NO.Li/c15-13(11-7-3-1-4-8-11)14-12-9-5-2-6-10-12;/h1-10H,(H,14,15);/q;+1/p-1. The third kappa shape index (κ3) is 3.27. The van der Waals surface area contributed by atoms with E-state index in [4.69, 9.17) is 0 Å². The Bertz CT molecular complexity index is 454. The van der Waals surface area contributed by atoms with Crippen molar-refractivity contribution in [2.45, 2.75) is 0 Å². The predicted molar refractivity (Wildman–Crippen MR) is 59.1 cm³/mol. The molecular formula is C13H10LiNO. The summed E-state index contributed by atoms with van der Waals surface area (Å²) in [6, 6.07) is 18.3. The maximum Gasteiger partial charge on any atom is 1.00 e. The Morgan fingerprint density at radius 2 is 1.31 bits per heavy atom. The Hall–Kier alpha value is -1.49. The van der Waals surface area contributed by atoms with Gasteiger partial charge in [0.2, 0.25) is 0 Å². The van der Waals surface area contributed by atoms with Gasteiger partial charge in [0, 0.05) is 0 Å². The van der Waals surface area contributed by atoms with Gasteiger partial charge in [-0.15, -0.1) is 0 Å². The number of hydrogen-bond acceptors (Lipinski definition) is 2. The monoisotopic (exact) mass is 203 g/mol. The zero-order valence-corrected chi connectivity index (χ0v) is 9.13. The molecular weight excluding hydrogens is 193 g/mol. The third-order valence-electron chi connectivity index (χ3n) is 2.01. The molecule has 0 heterocycles. The summed E-state index contributed by atoms with van der Waals surface area (Å²) in [6.07, 6.45) is 0. The van der Waals surface area contributed by atoms with Crippen LogP contribution in [0.25, 0.3) is 0 Å². The second-order valence-corrected chi connectivity index (χ2v) is 3.12. The molecule has 0 fully saturated rings. The van der Waals surface area contributed by atoms with Crippen LogP contribution < -0.4 is 24.0 Å². The smallest absolute Gasteiger partial charge is 0.858 e. The fourth-order valence-electron chi connectivity index (χ4n) is 1.27. The van der Waals surface area contributed by atoms with Crippen molar-refractivity contribution in [2.24, 2.45) is 4.99 Å². The molecule has 2 nitrogen and oxygen atoms in total. The van der Waals surface area contributed by atoms with Gasteiger partial charge in [-0.25, -0.2) is 0 Å². The molecule has 0 aliphatic carbocycles. The summed E-state index contributed by atoms with van der Waals surface area (Å²) in [7, 11) is 0. The molecule has 0 aliphatic rings. The van der Waals surface area contributed by atoms with E-state index in [1.165, 1.54) is 0 Å². The summed E-state index contributed by atoms with van der Waals surface area (Å²) in [5.74, 6) is -0.207. The molecule has 0 aromatic heterocycles. The van der Waals surface area contributed by atoms with Gasteiger partial charge in [-0.05, 0) is 23.6 Å². The van der Waals surface area contributed by atoms with Crippen LogP contribution in [0.15, 0.2) is 65.7 Å². The summed E-state index contributed by atoms with van der Waals surface area (Å²) in [6.45, 7) is 0. The minimum Gasteiger partial charge on any atom is -0.858 e. The van der Waals surface area contributed by atoms with Crippen LogP contribution in [0.3, 0.4) is 0 Å². The summed E-state index contributed by atoms with van der Waals surface area (Å²) >= 11 is 0. The van der Waals surface area contributed by atoms with Crippen molar-refractivity contribution >= 4 is 11.6 Å². The van der Waals surface area contributed by atoms with E-state index in [9.17, 15) is 5.11 Å². The number of rotatable bonds is 2. The molecule has 0 amide bonds. The van der Waals surface area contributed by atoms with Crippen molar-refractivity contribution in [2.75, 3.05) is 0 Å². The Kier molecular flexibility index (Phi) is 4.85. The SMILES string of the molecule is [Li+].[O-]C(=Nc1ccccc1)c1ccccc1. The molecule has 0 saturated heterocycles. The summed E-state index contributed by atoms with van der Waals surface area (Å²) < 4.78 is 0. The number of nitrogens with zero attached hydrogens (tertiary/aromatic N) is 1. The Labute approximate surface area is 107 Å². The average Bonchev–Trinajstić information content (AvgIpc) is 2.31. The fourth-order valence-corrected chi connectivity index (χ4v) is 1.27. The van der Waals surface area contributed by atoms with Crippen LogP contribution >= 0.6 is 0 Å². The summed E-state index contributed by atoms with van der Waals surface area (Å²) in [5, 5.41) is 11.6. The quantitative estimate of drug-likeness (QED) is 0.355. The molecule has 74 valence electrons. The molecule has 0 bridgehead atoms. The molecule has 2 aromatic carbocycles. The van der Waals surface area contributed by atoms with Gasteiger partial charge in [0.05, 0.1) is 5.69 Å². The molecule has 2 aromatic rings. The van der Waals surface area contributed by atoms with Crippen LogP contribution in [-0.2, 0) is 0 Å². The van der Waals surface area contributed by atoms with Gasteiger partial charge in [0.15, 0.2) is 0 Å². The summed E-state index contributed by atoms with van der Waals surface area (Å²) in [4.78, 5) is 3.99. The van der Waals surface area contributed by atoms with E-state index in [1.54, 1.807) is 24.3 Å². The first kappa shape index (κ1) is 12.6. The van der Waals surface area contributed by atoms with E-state index in [2.05, 4.69) is 4.99 Å². The molecule has 0 saturated carbocycles. The van der Waals surface area contributed by atoms with E-state index in [0.717, 1.165) is 0 Å². The van der Waals surface area contributed by atoms with Crippen molar-refractivity contribution in [3.63, 3.8) is 0 Å². The topological polar surface area (TPSA) is 35.4 Å². The first-order valence-corrected chi connectivity index (χ1v) is 4.72. The van der Waals surface area contributed by atoms with Crippen molar-refractivity contribution in [1.29, 1.82) is 0 Å². The maximum atomic E-state index is 11.6.